The molecule has 1 aromatic heterocycles. The van der Waals surface area contributed by atoms with Crippen LogP contribution in [0.25, 0.3) is 0 Å². The van der Waals surface area contributed by atoms with Gasteiger partial charge in [-0.15, -0.1) is 0 Å². The van der Waals surface area contributed by atoms with E-state index < -0.39 is 0 Å². The second-order valence-electron chi connectivity index (χ2n) is 3.28. The molecule has 5 heteroatoms. The van der Waals surface area contributed by atoms with E-state index in [2.05, 4.69) is 14.9 Å². The predicted octanol–water partition coefficient (Wildman–Crippen LogP) is 1.36. The van der Waals surface area contributed by atoms with Crippen molar-refractivity contribution in [2.75, 3.05) is 25.1 Å². The summed E-state index contributed by atoms with van der Waals surface area (Å²) in [5, 5.41) is 0.295. The molecule has 0 spiro atoms. The third-order valence-corrected chi connectivity index (χ3v) is 2.60. The largest absolute Gasteiger partial charge is 0.380 e. The van der Waals surface area contributed by atoms with Crippen LogP contribution < -0.4 is 4.90 Å². The van der Waals surface area contributed by atoms with Crippen LogP contribution in [-0.2, 0) is 4.74 Å². The molecule has 0 amide bonds. The molecular formula is C9H12ClN3O. The van der Waals surface area contributed by atoms with Crippen LogP contribution in [0.15, 0.2) is 12.3 Å². The van der Waals surface area contributed by atoms with Crippen molar-refractivity contribution in [3.05, 3.63) is 17.5 Å². The molecule has 0 bridgehead atoms. The van der Waals surface area contributed by atoms with Gasteiger partial charge in [-0.05, 0) is 24.1 Å². The fourth-order valence-electron chi connectivity index (χ4n) is 1.63. The van der Waals surface area contributed by atoms with E-state index in [9.17, 15) is 0 Å². The zero-order chi connectivity index (χ0) is 9.97. The quantitative estimate of drug-likeness (QED) is 0.696. The average molecular weight is 214 g/mol. The summed E-state index contributed by atoms with van der Waals surface area (Å²) in [6, 6.07) is 1.86. The lowest BCUT2D eigenvalue weighted by Crippen LogP contribution is -2.23. The summed E-state index contributed by atoms with van der Waals surface area (Å²) in [5.41, 5.74) is 0. The summed E-state index contributed by atoms with van der Waals surface area (Å²) < 4.78 is 5.28. The lowest BCUT2D eigenvalue weighted by Gasteiger charge is -2.16. The van der Waals surface area contributed by atoms with E-state index >= 15 is 0 Å². The van der Waals surface area contributed by atoms with Gasteiger partial charge in [0, 0.05) is 26.4 Å². The first-order chi connectivity index (χ1) is 6.79. The Morgan fingerprint density at radius 2 is 2.50 bits per heavy atom. The second-order valence-corrected chi connectivity index (χ2v) is 3.61. The van der Waals surface area contributed by atoms with Gasteiger partial charge in [0.1, 0.15) is 5.82 Å². The average Bonchev–Trinajstić information content (AvgIpc) is 2.66. The van der Waals surface area contributed by atoms with E-state index in [1.165, 1.54) is 0 Å². The van der Waals surface area contributed by atoms with Crippen LogP contribution in [0.1, 0.15) is 6.42 Å². The fraction of sp³-hybridized carbons (Fsp3) is 0.556. The molecule has 76 valence electrons. The maximum Gasteiger partial charge on any atom is 0.224 e. The number of hydrogen-bond donors (Lipinski definition) is 0. The Bertz CT molecular complexity index is 321. The Morgan fingerprint density at radius 3 is 3.14 bits per heavy atom. The molecule has 1 fully saturated rings. The summed E-state index contributed by atoms with van der Waals surface area (Å²) in [5.74, 6) is 0.879. The SMILES string of the molecule is COC1CCN(c2ccnc(Cl)n2)C1. The van der Waals surface area contributed by atoms with Crippen LogP contribution >= 0.6 is 11.6 Å². The van der Waals surface area contributed by atoms with Crippen molar-refractivity contribution in [2.24, 2.45) is 0 Å². The molecule has 0 N–H and O–H groups in total. The van der Waals surface area contributed by atoms with Crippen molar-refractivity contribution in [2.45, 2.75) is 12.5 Å². The molecule has 1 aliphatic heterocycles. The molecule has 2 heterocycles. The predicted molar refractivity (Wildman–Crippen MR) is 54.7 cm³/mol. The van der Waals surface area contributed by atoms with E-state index in [-0.39, 0.29) is 0 Å². The monoisotopic (exact) mass is 213 g/mol. The van der Waals surface area contributed by atoms with Crippen molar-refractivity contribution in [3.8, 4) is 0 Å². The molecular weight excluding hydrogens is 202 g/mol. The van der Waals surface area contributed by atoms with Crippen LogP contribution in [0.5, 0.6) is 0 Å². The first kappa shape index (κ1) is 9.68. The minimum absolute atomic E-state index is 0.295. The van der Waals surface area contributed by atoms with Gasteiger partial charge in [-0.1, -0.05) is 0 Å². The molecule has 1 aromatic rings. The van der Waals surface area contributed by atoms with E-state index in [1.54, 1.807) is 13.3 Å². The van der Waals surface area contributed by atoms with Gasteiger partial charge in [0.2, 0.25) is 5.28 Å². The lowest BCUT2D eigenvalue weighted by atomic mass is 10.3. The number of aromatic nitrogens is 2. The Hall–Kier alpha value is -0.870. The van der Waals surface area contributed by atoms with E-state index in [1.807, 2.05) is 6.07 Å². The second kappa shape index (κ2) is 4.11. The molecule has 0 aliphatic carbocycles. The highest BCUT2D eigenvalue weighted by molar-refractivity contribution is 6.28. The third kappa shape index (κ3) is 1.96. The molecule has 14 heavy (non-hydrogen) atoms. The van der Waals surface area contributed by atoms with Crippen molar-refractivity contribution in [3.63, 3.8) is 0 Å². The maximum absolute atomic E-state index is 5.71. The normalized spacial score (nSPS) is 21.6. The van der Waals surface area contributed by atoms with Gasteiger partial charge >= 0.3 is 0 Å². The van der Waals surface area contributed by atoms with Crippen LogP contribution in [-0.4, -0.2) is 36.3 Å². The van der Waals surface area contributed by atoms with Crippen molar-refractivity contribution < 1.29 is 4.74 Å². The van der Waals surface area contributed by atoms with Crippen molar-refractivity contribution >= 4 is 17.4 Å². The Kier molecular flexibility index (Phi) is 2.84. The molecule has 1 saturated heterocycles. The number of rotatable bonds is 2. The lowest BCUT2D eigenvalue weighted by molar-refractivity contribution is 0.121. The van der Waals surface area contributed by atoms with E-state index in [4.69, 9.17) is 16.3 Å². The summed E-state index contributed by atoms with van der Waals surface area (Å²) in [4.78, 5) is 10.1. The van der Waals surface area contributed by atoms with Gasteiger partial charge < -0.3 is 9.64 Å². The first-order valence-electron chi connectivity index (χ1n) is 4.56. The summed E-state index contributed by atoms with van der Waals surface area (Å²) in [6.07, 6.45) is 3.02. The van der Waals surface area contributed by atoms with E-state index in [0.717, 1.165) is 25.3 Å². The third-order valence-electron chi connectivity index (χ3n) is 2.41. The standard InChI is InChI=1S/C9H12ClN3O/c1-14-7-3-5-13(6-7)8-2-4-11-9(10)12-8/h2,4,7H,3,5-6H2,1H3. The van der Waals surface area contributed by atoms with Gasteiger partial charge in [-0.25, -0.2) is 9.97 Å². The minimum Gasteiger partial charge on any atom is -0.380 e. The molecule has 1 aliphatic rings. The zero-order valence-electron chi connectivity index (χ0n) is 7.98. The zero-order valence-corrected chi connectivity index (χ0v) is 8.74. The van der Waals surface area contributed by atoms with Crippen molar-refractivity contribution in [1.29, 1.82) is 0 Å². The number of hydrogen-bond acceptors (Lipinski definition) is 4. The van der Waals surface area contributed by atoms with Gasteiger partial charge in [0.05, 0.1) is 6.10 Å². The molecule has 1 atom stereocenters. The van der Waals surface area contributed by atoms with E-state index in [0.29, 0.717) is 11.4 Å². The van der Waals surface area contributed by atoms with Crippen LogP contribution in [0.3, 0.4) is 0 Å². The number of methoxy groups -OCH3 is 1. The highest BCUT2D eigenvalue weighted by atomic mass is 35.5. The summed E-state index contributed by atoms with van der Waals surface area (Å²) in [7, 11) is 1.74. The Labute approximate surface area is 87.9 Å². The summed E-state index contributed by atoms with van der Waals surface area (Å²) >= 11 is 5.71. The number of anilines is 1. The maximum atomic E-state index is 5.71. The Morgan fingerprint density at radius 1 is 1.64 bits per heavy atom. The van der Waals surface area contributed by atoms with Crippen LogP contribution in [0, 0.1) is 0 Å². The molecule has 1 unspecified atom stereocenters. The minimum atomic E-state index is 0.295. The molecule has 0 saturated carbocycles. The van der Waals surface area contributed by atoms with Gasteiger partial charge in [0.15, 0.2) is 0 Å². The highest BCUT2D eigenvalue weighted by Crippen LogP contribution is 2.19. The van der Waals surface area contributed by atoms with Crippen LogP contribution in [0.2, 0.25) is 5.28 Å². The molecule has 0 aromatic carbocycles. The molecule has 4 nitrogen and oxygen atoms in total. The topological polar surface area (TPSA) is 38.2 Å². The molecule has 0 radical (unpaired) electrons. The molecule has 2 rings (SSSR count). The van der Waals surface area contributed by atoms with Gasteiger partial charge in [0.25, 0.3) is 0 Å². The first-order valence-corrected chi connectivity index (χ1v) is 4.93. The number of nitrogens with zero attached hydrogens (tertiary/aromatic N) is 3. The van der Waals surface area contributed by atoms with Gasteiger partial charge in [-0.2, -0.15) is 0 Å². The highest BCUT2D eigenvalue weighted by Gasteiger charge is 2.22. The number of halogens is 1. The smallest absolute Gasteiger partial charge is 0.224 e. The fourth-order valence-corrected chi connectivity index (χ4v) is 1.77. The number of ether oxygens (including phenoxy) is 1. The summed E-state index contributed by atoms with van der Waals surface area (Å²) in [6.45, 7) is 1.84. The van der Waals surface area contributed by atoms with Crippen LogP contribution in [0.4, 0.5) is 5.82 Å². The van der Waals surface area contributed by atoms with Crippen molar-refractivity contribution in [1.82, 2.24) is 9.97 Å². The van der Waals surface area contributed by atoms with Gasteiger partial charge in [-0.3, -0.25) is 0 Å². The Balaban J connectivity index is 2.09.